The van der Waals surface area contributed by atoms with E-state index in [1.54, 1.807) is 0 Å². The van der Waals surface area contributed by atoms with Crippen LogP contribution < -0.4 is 9.64 Å². The Morgan fingerprint density at radius 2 is 1.96 bits per heavy atom. The van der Waals surface area contributed by atoms with Crippen LogP contribution in [0.15, 0.2) is 24.3 Å². The number of para-hydroxylation sites is 1. The fourth-order valence-electron chi connectivity index (χ4n) is 3.66. The molecule has 3 rings (SSSR count). The van der Waals surface area contributed by atoms with Gasteiger partial charge >= 0.3 is 0 Å². The highest BCUT2D eigenvalue weighted by Gasteiger charge is 2.49. The molecule has 3 nitrogen and oxygen atoms in total. The quantitative estimate of drug-likeness (QED) is 0.804. The molecule has 3 atom stereocenters. The first-order valence-corrected chi connectivity index (χ1v) is 8.56. The van der Waals surface area contributed by atoms with E-state index in [1.807, 2.05) is 12.1 Å². The molecule has 0 radical (unpaired) electrons. The Bertz CT molecular complexity index is 641. The molecule has 0 bridgehead atoms. The molecule has 1 aromatic rings. The van der Waals surface area contributed by atoms with E-state index >= 15 is 0 Å². The molecule has 0 unspecified atom stereocenters. The first kappa shape index (κ1) is 16.4. The van der Waals surface area contributed by atoms with E-state index in [2.05, 4.69) is 58.8 Å². The molecule has 1 N–H and O–H groups in total. The molecule has 1 aromatic carbocycles. The third kappa shape index (κ3) is 3.24. The summed E-state index contributed by atoms with van der Waals surface area (Å²) in [7, 11) is 4.23. The van der Waals surface area contributed by atoms with Gasteiger partial charge in [-0.2, -0.15) is 0 Å². The number of hydrogen-bond acceptors (Lipinski definition) is 2. The van der Waals surface area contributed by atoms with Gasteiger partial charge < -0.3 is 14.4 Å². The standard InChI is InChI=1S/C20H27NO2/c1-19(2)16-11-13-20(3,12-8-14-21(4)5)23-18(16)15-9-6-7-10-17(15)22-19/h6-7,9-10,16,18H,11,13-14H2,1-5H3/p+1/t16-,18+,20+/m0/s1. The van der Waals surface area contributed by atoms with Crippen molar-refractivity contribution in [2.45, 2.75) is 50.9 Å². The summed E-state index contributed by atoms with van der Waals surface area (Å²) in [5.74, 6) is 8.00. The van der Waals surface area contributed by atoms with Gasteiger partial charge in [-0.1, -0.05) is 24.1 Å². The first-order valence-electron chi connectivity index (χ1n) is 8.56. The van der Waals surface area contributed by atoms with E-state index in [1.165, 1.54) is 10.5 Å². The lowest BCUT2D eigenvalue weighted by atomic mass is 9.73. The van der Waals surface area contributed by atoms with Gasteiger partial charge in [0, 0.05) is 11.5 Å². The van der Waals surface area contributed by atoms with Gasteiger partial charge in [-0.05, 0) is 45.6 Å². The molecule has 0 aliphatic carbocycles. The van der Waals surface area contributed by atoms with Crippen LogP contribution in [0.25, 0.3) is 0 Å². The maximum absolute atomic E-state index is 6.56. The summed E-state index contributed by atoms with van der Waals surface area (Å²) in [6.07, 6.45) is 2.10. The van der Waals surface area contributed by atoms with Crippen LogP contribution in [0.4, 0.5) is 0 Å². The van der Waals surface area contributed by atoms with E-state index < -0.39 is 0 Å². The van der Waals surface area contributed by atoms with E-state index in [0.29, 0.717) is 5.92 Å². The average molecular weight is 314 g/mol. The van der Waals surface area contributed by atoms with Crippen molar-refractivity contribution in [3.63, 3.8) is 0 Å². The molecule has 1 saturated heterocycles. The molecule has 0 aromatic heterocycles. The number of ether oxygens (including phenoxy) is 2. The SMILES string of the molecule is C[NH+](C)CC#C[C@]1(C)CC[C@H]2[C@H](O1)c1ccccc1OC2(C)C. The Morgan fingerprint density at radius 1 is 1.22 bits per heavy atom. The number of rotatable bonds is 1. The van der Waals surface area contributed by atoms with Crippen LogP contribution >= 0.6 is 0 Å². The third-order valence-electron chi connectivity index (χ3n) is 4.97. The number of fused-ring (bicyclic) bond motifs is 3. The first-order chi connectivity index (χ1) is 10.8. The second-order valence-electron chi connectivity index (χ2n) is 7.84. The predicted molar refractivity (Wildman–Crippen MR) is 91.6 cm³/mol. The van der Waals surface area contributed by atoms with Crippen LogP contribution in [0.5, 0.6) is 5.75 Å². The highest BCUT2D eigenvalue weighted by atomic mass is 16.5. The Kier molecular flexibility index (Phi) is 4.16. The van der Waals surface area contributed by atoms with Crippen LogP contribution in [-0.4, -0.2) is 31.8 Å². The molecule has 3 heteroatoms. The fourth-order valence-corrected chi connectivity index (χ4v) is 3.66. The maximum atomic E-state index is 6.56. The molecule has 0 amide bonds. The predicted octanol–water partition coefficient (Wildman–Crippen LogP) is 2.23. The van der Waals surface area contributed by atoms with Crippen molar-refractivity contribution in [2.75, 3.05) is 20.6 Å². The van der Waals surface area contributed by atoms with Crippen molar-refractivity contribution >= 4 is 0 Å². The lowest BCUT2D eigenvalue weighted by molar-refractivity contribution is -0.850. The minimum atomic E-state index is -0.364. The van der Waals surface area contributed by atoms with Crippen molar-refractivity contribution in [2.24, 2.45) is 5.92 Å². The van der Waals surface area contributed by atoms with Gasteiger partial charge in [-0.25, -0.2) is 0 Å². The van der Waals surface area contributed by atoms with Gasteiger partial charge in [-0.15, -0.1) is 0 Å². The van der Waals surface area contributed by atoms with Gasteiger partial charge in [-0.3, -0.25) is 0 Å². The second kappa shape index (κ2) is 5.85. The molecule has 0 spiro atoms. The van der Waals surface area contributed by atoms with Crippen LogP contribution in [0, 0.1) is 17.8 Å². The summed E-state index contributed by atoms with van der Waals surface area (Å²) in [5.41, 5.74) is 0.599. The van der Waals surface area contributed by atoms with Gasteiger partial charge in [0.05, 0.1) is 20.2 Å². The van der Waals surface area contributed by atoms with E-state index in [0.717, 1.165) is 25.1 Å². The Labute approximate surface area is 140 Å². The Balaban J connectivity index is 1.90. The summed E-state index contributed by atoms with van der Waals surface area (Å²) in [4.78, 5) is 1.34. The summed E-state index contributed by atoms with van der Waals surface area (Å²) in [6.45, 7) is 7.33. The van der Waals surface area contributed by atoms with Gasteiger partial charge in [0.2, 0.25) is 0 Å². The van der Waals surface area contributed by atoms with Gasteiger partial charge in [0.25, 0.3) is 0 Å². The number of nitrogens with one attached hydrogen (secondary N) is 1. The lowest BCUT2D eigenvalue weighted by Crippen LogP contribution is -3.05. The molecule has 0 saturated carbocycles. The van der Waals surface area contributed by atoms with Crippen LogP contribution in [0.3, 0.4) is 0 Å². The fraction of sp³-hybridized carbons (Fsp3) is 0.600. The largest absolute Gasteiger partial charge is 0.487 e. The van der Waals surface area contributed by atoms with Crippen molar-refractivity contribution in [3.8, 4) is 17.6 Å². The zero-order valence-electron chi connectivity index (χ0n) is 14.9. The van der Waals surface area contributed by atoms with E-state index in [4.69, 9.17) is 9.47 Å². The van der Waals surface area contributed by atoms with Crippen molar-refractivity contribution < 1.29 is 14.4 Å². The van der Waals surface area contributed by atoms with E-state index in [-0.39, 0.29) is 17.3 Å². The summed E-state index contributed by atoms with van der Waals surface area (Å²) < 4.78 is 12.8. The summed E-state index contributed by atoms with van der Waals surface area (Å²) in [5, 5.41) is 0. The summed E-state index contributed by atoms with van der Waals surface area (Å²) >= 11 is 0. The lowest BCUT2D eigenvalue weighted by Gasteiger charge is -2.50. The molecule has 23 heavy (non-hydrogen) atoms. The normalized spacial score (nSPS) is 31.4. The highest BCUT2D eigenvalue weighted by Crippen LogP contribution is 2.52. The smallest absolute Gasteiger partial charge is 0.139 e. The van der Waals surface area contributed by atoms with Gasteiger partial charge in [0.15, 0.2) is 0 Å². The minimum Gasteiger partial charge on any atom is -0.487 e. The highest BCUT2D eigenvalue weighted by molar-refractivity contribution is 5.39. The molecular weight excluding hydrogens is 286 g/mol. The third-order valence-corrected chi connectivity index (χ3v) is 4.97. The number of quaternary nitrogens is 1. The zero-order valence-corrected chi connectivity index (χ0v) is 14.9. The van der Waals surface area contributed by atoms with Crippen LogP contribution in [0.2, 0.25) is 0 Å². The molecule has 124 valence electrons. The topological polar surface area (TPSA) is 22.9 Å². The molecular formula is C20H28NO2+. The Hall–Kier alpha value is -1.50. The van der Waals surface area contributed by atoms with Crippen molar-refractivity contribution in [1.82, 2.24) is 0 Å². The monoisotopic (exact) mass is 314 g/mol. The molecule has 2 aliphatic rings. The van der Waals surface area contributed by atoms with Gasteiger partial charge in [0.1, 0.15) is 23.5 Å². The van der Waals surface area contributed by atoms with Crippen molar-refractivity contribution in [3.05, 3.63) is 29.8 Å². The van der Waals surface area contributed by atoms with Crippen molar-refractivity contribution in [1.29, 1.82) is 0 Å². The number of hydrogen-bond donors (Lipinski definition) is 1. The zero-order chi connectivity index (χ0) is 16.7. The second-order valence-corrected chi connectivity index (χ2v) is 7.84. The maximum Gasteiger partial charge on any atom is 0.139 e. The molecule has 2 heterocycles. The van der Waals surface area contributed by atoms with Crippen LogP contribution in [0.1, 0.15) is 45.3 Å². The van der Waals surface area contributed by atoms with E-state index in [9.17, 15) is 0 Å². The summed E-state index contributed by atoms with van der Waals surface area (Å²) in [6, 6.07) is 8.26. The number of benzene rings is 1. The van der Waals surface area contributed by atoms with Crippen LogP contribution in [-0.2, 0) is 4.74 Å². The molecule has 2 aliphatic heterocycles. The average Bonchev–Trinajstić information content (AvgIpc) is 2.46. The molecule has 1 fully saturated rings. The minimum absolute atomic E-state index is 0.0645. The Morgan fingerprint density at radius 3 is 2.70 bits per heavy atom.